The van der Waals surface area contributed by atoms with E-state index in [9.17, 15) is 0 Å². The summed E-state index contributed by atoms with van der Waals surface area (Å²) in [5.74, 6) is -0.0106. The van der Waals surface area contributed by atoms with E-state index >= 15 is 0 Å². The molecule has 0 aliphatic carbocycles. The number of para-hydroxylation sites is 1. The van der Waals surface area contributed by atoms with Crippen molar-refractivity contribution in [2.24, 2.45) is 21.7 Å². The van der Waals surface area contributed by atoms with Crippen LogP contribution in [0, 0.1) is 0 Å². The Morgan fingerprint density at radius 2 is 1.89 bits per heavy atom. The molecule has 1 unspecified atom stereocenters. The zero-order valence-electron chi connectivity index (χ0n) is 16.5. The topological polar surface area (TPSA) is 84.9 Å². The molecule has 6 heteroatoms. The monoisotopic (exact) mass is 366 g/mol. The van der Waals surface area contributed by atoms with Crippen LogP contribution in [0.1, 0.15) is 45.0 Å². The molecule has 1 aromatic heterocycles. The van der Waals surface area contributed by atoms with Gasteiger partial charge in [-0.15, -0.1) is 5.10 Å². The first-order valence-electron chi connectivity index (χ1n) is 9.49. The molecule has 0 bridgehead atoms. The summed E-state index contributed by atoms with van der Waals surface area (Å²) in [6.07, 6.45) is 4.07. The summed E-state index contributed by atoms with van der Waals surface area (Å²) in [6.45, 7) is 8.68. The largest absolute Gasteiger partial charge is 0.369 e. The van der Waals surface area contributed by atoms with Gasteiger partial charge in [0.15, 0.2) is 0 Å². The third-order valence-corrected chi connectivity index (χ3v) is 4.94. The molecule has 3 rings (SSSR count). The molecule has 27 heavy (non-hydrogen) atoms. The average molecular weight is 367 g/mol. The minimum atomic E-state index is -0.0106. The zero-order chi connectivity index (χ0) is 19.4. The number of guanidine groups is 1. The molecule has 0 radical (unpaired) electrons. The van der Waals surface area contributed by atoms with Gasteiger partial charge in [-0.2, -0.15) is 5.10 Å². The summed E-state index contributed by atoms with van der Waals surface area (Å²) in [7, 11) is 0. The number of benzene rings is 1. The molecule has 144 valence electrons. The standard InChI is InChI=1S/C21H30N6/c1-21(2,3)19-12-11-18(27(19)16-8-5-4-6-9-16)15-26-13-7-10-17(26)14-24-25-20(22)23/h4-6,8-9,11-12,14,17H,7,10,13,15H2,1-3H3,(H4,22,23,25)/b24-14+. The molecule has 2 aromatic rings. The second kappa shape index (κ2) is 7.96. The van der Waals surface area contributed by atoms with E-state index in [1.165, 1.54) is 17.1 Å². The average Bonchev–Trinajstić information content (AvgIpc) is 3.23. The van der Waals surface area contributed by atoms with Gasteiger partial charge in [-0.25, -0.2) is 0 Å². The first-order valence-corrected chi connectivity index (χ1v) is 9.49. The fraction of sp³-hybridized carbons (Fsp3) is 0.429. The first kappa shape index (κ1) is 19.2. The van der Waals surface area contributed by atoms with Gasteiger partial charge >= 0.3 is 0 Å². The molecular formula is C21H30N6. The second-order valence-corrected chi connectivity index (χ2v) is 8.10. The van der Waals surface area contributed by atoms with Crippen LogP contribution in [-0.4, -0.2) is 34.2 Å². The molecule has 1 aromatic carbocycles. The van der Waals surface area contributed by atoms with Crippen molar-refractivity contribution in [3.8, 4) is 5.69 Å². The van der Waals surface area contributed by atoms with E-state index < -0.39 is 0 Å². The lowest BCUT2D eigenvalue weighted by molar-refractivity contribution is 0.291. The molecule has 1 atom stereocenters. The van der Waals surface area contributed by atoms with E-state index in [1.54, 1.807) is 0 Å². The van der Waals surface area contributed by atoms with Crippen LogP contribution in [0.5, 0.6) is 0 Å². The molecule has 0 spiro atoms. The predicted molar refractivity (Wildman–Crippen MR) is 112 cm³/mol. The van der Waals surface area contributed by atoms with E-state index in [0.717, 1.165) is 25.9 Å². The van der Waals surface area contributed by atoms with Gasteiger partial charge in [0.2, 0.25) is 5.96 Å². The van der Waals surface area contributed by atoms with Crippen LogP contribution in [0.2, 0.25) is 0 Å². The Kier molecular flexibility index (Phi) is 5.65. The Morgan fingerprint density at radius 1 is 1.15 bits per heavy atom. The normalized spacial score (nSPS) is 18.3. The van der Waals surface area contributed by atoms with Gasteiger partial charge < -0.3 is 16.0 Å². The van der Waals surface area contributed by atoms with Crippen LogP contribution in [0.25, 0.3) is 5.69 Å². The molecular weight excluding hydrogens is 336 g/mol. The van der Waals surface area contributed by atoms with E-state index in [2.05, 4.69) is 82.9 Å². The van der Waals surface area contributed by atoms with Crippen molar-refractivity contribution >= 4 is 12.2 Å². The minimum Gasteiger partial charge on any atom is -0.369 e. The van der Waals surface area contributed by atoms with E-state index in [1.807, 2.05) is 6.21 Å². The summed E-state index contributed by atoms with van der Waals surface area (Å²) < 4.78 is 2.39. The fourth-order valence-electron chi connectivity index (χ4n) is 3.67. The maximum absolute atomic E-state index is 5.36. The van der Waals surface area contributed by atoms with Crippen molar-refractivity contribution in [2.75, 3.05) is 6.54 Å². The Morgan fingerprint density at radius 3 is 2.56 bits per heavy atom. The maximum Gasteiger partial charge on any atom is 0.211 e. The van der Waals surface area contributed by atoms with Crippen LogP contribution < -0.4 is 11.5 Å². The van der Waals surface area contributed by atoms with Gasteiger partial charge in [0.25, 0.3) is 0 Å². The highest BCUT2D eigenvalue weighted by molar-refractivity contribution is 5.76. The lowest BCUT2D eigenvalue weighted by Gasteiger charge is -2.26. The van der Waals surface area contributed by atoms with Gasteiger partial charge in [-0.05, 0) is 43.7 Å². The summed E-state index contributed by atoms with van der Waals surface area (Å²) >= 11 is 0. The zero-order valence-corrected chi connectivity index (χ0v) is 16.5. The number of nitrogens with two attached hydrogens (primary N) is 2. The third-order valence-electron chi connectivity index (χ3n) is 4.94. The van der Waals surface area contributed by atoms with Crippen molar-refractivity contribution in [3.05, 3.63) is 53.9 Å². The molecule has 0 amide bonds. The van der Waals surface area contributed by atoms with Gasteiger partial charge in [-0.1, -0.05) is 39.0 Å². The van der Waals surface area contributed by atoms with Crippen molar-refractivity contribution in [3.63, 3.8) is 0 Å². The third kappa shape index (κ3) is 4.57. The van der Waals surface area contributed by atoms with Gasteiger partial charge in [0, 0.05) is 41.3 Å². The van der Waals surface area contributed by atoms with Crippen LogP contribution in [0.15, 0.2) is 52.7 Å². The summed E-state index contributed by atoms with van der Waals surface area (Å²) in [5.41, 5.74) is 14.6. The molecule has 6 nitrogen and oxygen atoms in total. The number of rotatable bonds is 5. The van der Waals surface area contributed by atoms with Crippen molar-refractivity contribution in [1.82, 2.24) is 9.47 Å². The van der Waals surface area contributed by atoms with Crippen molar-refractivity contribution < 1.29 is 0 Å². The van der Waals surface area contributed by atoms with Crippen LogP contribution >= 0.6 is 0 Å². The highest BCUT2D eigenvalue weighted by Crippen LogP contribution is 2.30. The number of nitrogens with zero attached hydrogens (tertiary/aromatic N) is 4. The van der Waals surface area contributed by atoms with Crippen LogP contribution in [-0.2, 0) is 12.0 Å². The van der Waals surface area contributed by atoms with Crippen molar-refractivity contribution in [2.45, 2.75) is 51.6 Å². The minimum absolute atomic E-state index is 0.0106. The Hall–Kier alpha value is -2.60. The van der Waals surface area contributed by atoms with Gasteiger partial charge in [-0.3, -0.25) is 4.90 Å². The predicted octanol–water partition coefficient (Wildman–Crippen LogP) is 3.00. The fourth-order valence-corrected chi connectivity index (χ4v) is 3.67. The molecule has 0 saturated carbocycles. The Balaban J connectivity index is 1.90. The Bertz CT molecular complexity index is 809. The molecule has 1 saturated heterocycles. The van der Waals surface area contributed by atoms with Crippen LogP contribution in [0.3, 0.4) is 0 Å². The van der Waals surface area contributed by atoms with Crippen molar-refractivity contribution in [1.29, 1.82) is 0 Å². The van der Waals surface area contributed by atoms with Gasteiger partial charge in [0.05, 0.1) is 0 Å². The summed E-state index contributed by atoms with van der Waals surface area (Å²) in [4.78, 5) is 2.44. The molecule has 1 aliphatic heterocycles. The number of likely N-dealkylation sites (tertiary alicyclic amines) is 1. The highest BCUT2D eigenvalue weighted by Gasteiger charge is 2.26. The second-order valence-electron chi connectivity index (χ2n) is 8.10. The Labute approximate surface area is 161 Å². The van der Waals surface area contributed by atoms with Crippen LogP contribution in [0.4, 0.5) is 0 Å². The quantitative estimate of drug-likeness (QED) is 0.485. The number of hydrogen-bond acceptors (Lipinski definition) is 3. The van der Waals surface area contributed by atoms with Gasteiger partial charge in [0.1, 0.15) is 0 Å². The maximum atomic E-state index is 5.36. The summed E-state index contributed by atoms with van der Waals surface area (Å²) in [6, 6.07) is 15.3. The van der Waals surface area contributed by atoms with E-state index in [-0.39, 0.29) is 17.4 Å². The molecule has 1 fully saturated rings. The van der Waals surface area contributed by atoms with E-state index in [4.69, 9.17) is 11.5 Å². The number of hydrogen-bond donors (Lipinski definition) is 2. The number of aromatic nitrogens is 1. The lowest BCUT2D eigenvalue weighted by Crippen LogP contribution is -2.31. The molecule has 1 aliphatic rings. The van der Waals surface area contributed by atoms with E-state index in [0.29, 0.717) is 0 Å². The molecule has 2 heterocycles. The SMILES string of the molecule is CC(C)(C)c1ccc(CN2CCCC2/C=N/N=C(N)N)n1-c1ccccc1. The summed E-state index contributed by atoms with van der Waals surface area (Å²) in [5, 5.41) is 7.78. The lowest BCUT2D eigenvalue weighted by atomic mass is 9.92. The first-order chi connectivity index (χ1) is 12.9. The smallest absolute Gasteiger partial charge is 0.211 e. The molecule has 4 N–H and O–H groups in total. The highest BCUT2D eigenvalue weighted by atomic mass is 15.3.